The maximum Gasteiger partial charge on any atom is 0.406 e. The average Bonchev–Trinajstić information content (AvgIpc) is 2.60. The first kappa shape index (κ1) is 17.6. The van der Waals surface area contributed by atoms with Gasteiger partial charge in [-0.25, -0.2) is 0 Å². The Morgan fingerprint density at radius 2 is 2.00 bits per heavy atom. The molecule has 0 atom stereocenters. The lowest BCUT2D eigenvalue weighted by molar-refractivity contribution is -0.390. The molecule has 1 N–H and O–H groups in total. The van der Waals surface area contributed by atoms with Crippen molar-refractivity contribution in [3.63, 3.8) is 0 Å². The van der Waals surface area contributed by atoms with Crippen LogP contribution in [0.15, 0.2) is 36.5 Å². The zero-order valence-electron chi connectivity index (χ0n) is 12.9. The highest BCUT2D eigenvalue weighted by Gasteiger charge is 2.19. The van der Waals surface area contributed by atoms with Crippen LogP contribution >= 0.6 is 0 Å². The number of ether oxygens (including phenoxy) is 2. The van der Waals surface area contributed by atoms with Crippen molar-refractivity contribution in [1.29, 1.82) is 0 Å². The van der Waals surface area contributed by atoms with Crippen molar-refractivity contribution < 1.29 is 24.1 Å². The van der Waals surface area contributed by atoms with E-state index in [4.69, 9.17) is 9.47 Å². The molecule has 0 bridgehead atoms. The molecule has 0 aliphatic rings. The molecule has 1 aromatic heterocycles. The molecule has 25 heavy (non-hydrogen) atoms. The molecule has 2 aromatic rings. The van der Waals surface area contributed by atoms with Crippen LogP contribution in [-0.4, -0.2) is 34.5 Å². The summed E-state index contributed by atoms with van der Waals surface area (Å²) in [5.41, 5.74) is -0.417. The fourth-order valence-corrected chi connectivity index (χ4v) is 1.86. The average molecular weight is 348 g/mol. The molecule has 2 rings (SSSR count). The van der Waals surface area contributed by atoms with Gasteiger partial charge in [-0.1, -0.05) is 0 Å². The van der Waals surface area contributed by atoms with Crippen molar-refractivity contribution in [2.24, 2.45) is 0 Å². The van der Waals surface area contributed by atoms with E-state index in [1.165, 1.54) is 37.6 Å². The molecule has 0 saturated carbocycles. The maximum absolute atomic E-state index is 11.9. The fraction of sp³-hybridized carbons (Fsp3) is 0.143. The number of aromatic nitrogens is 1. The van der Waals surface area contributed by atoms with Gasteiger partial charge in [0.25, 0.3) is 11.6 Å². The van der Waals surface area contributed by atoms with E-state index in [0.29, 0.717) is 0 Å². The van der Waals surface area contributed by atoms with E-state index in [0.717, 1.165) is 6.07 Å². The molecule has 0 fully saturated rings. The Balaban J connectivity index is 2.09. The third kappa shape index (κ3) is 4.37. The molecule has 1 amide bonds. The van der Waals surface area contributed by atoms with Crippen LogP contribution in [-0.2, 0) is 4.79 Å². The van der Waals surface area contributed by atoms with Gasteiger partial charge in [-0.05, 0) is 34.2 Å². The number of hydrogen-bond donors (Lipinski definition) is 1. The number of carbonyl (C=O) groups excluding carboxylic acids is 1. The molecular formula is C14H12N4O7. The number of nitrogens with zero attached hydrogens (tertiary/aromatic N) is 3. The summed E-state index contributed by atoms with van der Waals surface area (Å²) in [5.74, 6) is -1.20. The van der Waals surface area contributed by atoms with E-state index in [2.05, 4.69) is 10.3 Å². The third-order valence-electron chi connectivity index (χ3n) is 2.96. The van der Waals surface area contributed by atoms with Crippen LogP contribution in [0.5, 0.6) is 11.5 Å². The standard InChI is InChI=1S/C14H12N4O7/c1-24-9-4-5-10(11(7-9)17(20)21)16-13(19)8-25-12-3-2-6-15-14(12)18(22)23/h2-7H,8H2,1H3,(H,16,19). The molecule has 0 unspecified atom stereocenters. The monoisotopic (exact) mass is 348 g/mol. The normalized spacial score (nSPS) is 9.96. The fourth-order valence-electron chi connectivity index (χ4n) is 1.86. The second-order valence-corrected chi connectivity index (χ2v) is 4.56. The van der Waals surface area contributed by atoms with Crippen LogP contribution in [0.4, 0.5) is 17.2 Å². The van der Waals surface area contributed by atoms with Gasteiger partial charge in [0, 0.05) is 0 Å². The number of hydrogen-bond acceptors (Lipinski definition) is 8. The molecule has 1 aromatic carbocycles. The number of anilines is 1. The molecule has 0 spiro atoms. The van der Waals surface area contributed by atoms with Crippen LogP contribution in [0.3, 0.4) is 0 Å². The van der Waals surface area contributed by atoms with Gasteiger partial charge >= 0.3 is 5.82 Å². The summed E-state index contributed by atoms with van der Waals surface area (Å²) in [6.45, 7) is -0.588. The Hall–Kier alpha value is -3.76. The quantitative estimate of drug-likeness (QED) is 0.589. The second-order valence-electron chi connectivity index (χ2n) is 4.56. The number of nitrogens with one attached hydrogen (secondary N) is 1. The topological polar surface area (TPSA) is 147 Å². The van der Waals surface area contributed by atoms with Crippen molar-refractivity contribution >= 4 is 23.1 Å². The van der Waals surface area contributed by atoms with Crippen molar-refractivity contribution in [3.05, 3.63) is 56.8 Å². The van der Waals surface area contributed by atoms with Gasteiger partial charge in [-0.3, -0.25) is 14.9 Å². The SMILES string of the molecule is COc1ccc(NC(=O)COc2cccnc2[N+](=O)[O-])c([N+](=O)[O-])c1. The number of rotatable bonds is 7. The van der Waals surface area contributed by atoms with E-state index >= 15 is 0 Å². The Morgan fingerprint density at radius 1 is 1.24 bits per heavy atom. The van der Waals surface area contributed by atoms with Gasteiger partial charge in [0.1, 0.15) is 17.6 Å². The Bertz CT molecular complexity index is 825. The number of amides is 1. The Morgan fingerprint density at radius 3 is 2.64 bits per heavy atom. The van der Waals surface area contributed by atoms with Crippen LogP contribution in [0, 0.1) is 20.2 Å². The molecule has 0 aliphatic heterocycles. The summed E-state index contributed by atoms with van der Waals surface area (Å²) in [4.78, 5) is 35.9. The van der Waals surface area contributed by atoms with Crippen LogP contribution in [0.1, 0.15) is 0 Å². The van der Waals surface area contributed by atoms with Gasteiger partial charge in [-0.15, -0.1) is 0 Å². The number of benzene rings is 1. The van der Waals surface area contributed by atoms with Gasteiger partial charge in [0.2, 0.25) is 5.75 Å². The van der Waals surface area contributed by atoms with E-state index in [1.807, 2.05) is 0 Å². The summed E-state index contributed by atoms with van der Waals surface area (Å²) in [6.07, 6.45) is 1.21. The Labute approximate surface area is 140 Å². The van der Waals surface area contributed by atoms with Gasteiger partial charge in [0.15, 0.2) is 6.61 Å². The van der Waals surface area contributed by atoms with Crippen LogP contribution in [0.25, 0.3) is 0 Å². The molecule has 11 nitrogen and oxygen atoms in total. The molecule has 11 heteroatoms. The lowest BCUT2D eigenvalue weighted by Crippen LogP contribution is -2.21. The summed E-state index contributed by atoms with van der Waals surface area (Å²) in [7, 11) is 1.35. The van der Waals surface area contributed by atoms with Crippen LogP contribution < -0.4 is 14.8 Å². The van der Waals surface area contributed by atoms with Crippen molar-refractivity contribution in [2.75, 3.05) is 19.0 Å². The van der Waals surface area contributed by atoms with E-state index < -0.39 is 28.2 Å². The van der Waals surface area contributed by atoms with Gasteiger partial charge < -0.3 is 24.9 Å². The largest absolute Gasteiger partial charge is 0.496 e. The van der Waals surface area contributed by atoms with E-state index in [9.17, 15) is 25.0 Å². The van der Waals surface area contributed by atoms with E-state index in [1.54, 1.807) is 0 Å². The summed E-state index contributed by atoms with van der Waals surface area (Å²) in [6, 6.07) is 6.60. The summed E-state index contributed by atoms with van der Waals surface area (Å²) < 4.78 is 9.96. The summed E-state index contributed by atoms with van der Waals surface area (Å²) >= 11 is 0. The zero-order chi connectivity index (χ0) is 18.4. The van der Waals surface area contributed by atoms with Crippen molar-refractivity contribution in [1.82, 2.24) is 4.98 Å². The smallest absolute Gasteiger partial charge is 0.406 e. The highest BCUT2D eigenvalue weighted by molar-refractivity contribution is 5.94. The van der Waals surface area contributed by atoms with Crippen molar-refractivity contribution in [2.45, 2.75) is 0 Å². The second kappa shape index (κ2) is 7.68. The first-order chi connectivity index (χ1) is 11.9. The minimum Gasteiger partial charge on any atom is -0.496 e. The minimum absolute atomic E-state index is 0.0555. The molecule has 1 heterocycles. The van der Waals surface area contributed by atoms with Crippen molar-refractivity contribution in [3.8, 4) is 11.5 Å². The molecule has 0 saturated heterocycles. The predicted octanol–water partition coefficient (Wildman–Crippen LogP) is 1.92. The van der Waals surface area contributed by atoms with E-state index in [-0.39, 0.29) is 22.9 Å². The highest BCUT2D eigenvalue weighted by Crippen LogP contribution is 2.29. The minimum atomic E-state index is -0.748. The number of carbonyl (C=O) groups is 1. The van der Waals surface area contributed by atoms with Crippen LogP contribution in [0.2, 0.25) is 0 Å². The highest BCUT2D eigenvalue weighted by atomic mass is 16.6. The number of nitro groups is 2. The zero-order valence-corrected chi connectivity index (χ0v) is 12.9. The lowest BCUT2D eigenvalue weighted by atomic mass is 10.2. The predicted molar refractivity (Wildman–Crippen MR) is 84.7 cm³/mol. The number of nitro benzene ring substituents is 1. The third-order valence-corrected chi connectivity index (χ3v) is 2.96. The first-order valence-corrected chi connectivity index (χ1v) is 6.77. The summed E-state index contributed by atoms with van der Waals surface area (Å²) in [5, 5.41) is 24.2. The molecule has 0 radical (unpaired) electrons. The maximum atomic E-state index is 11.9. The Kier molecular flexibility index (Phi) is 5.40. The molecular weight excluding hydrogens is 336 g/mol. The van der Waals surface area contributed by atoms with Gasteiger partial charge in [0.05, 0.1) is 18.1 Å². The number of methoxy groups -OCH3 is 1. The lowest BCUT2D eigenvalue weighted by Gasteiger charge is -2.08. The number of pyridine rings is 1. The molecule has 130 valence electrons. The first-order valence-electron chi connectivity index (χ1n) is 6.77. The molecule has 0 aliphatic carbocycles. The van der Waals surface area contributed by atoms with Gasteiger partial charge in [-0.2, -0.15) is 0 Å².